The first-order valence-corrected chi connectivity index (χ1v) is 7.03. The van der Waals surface area contributed by atoms with Gasteiger partial charge in [0, 0.05) is 23.1 Å². The van der Waals surface area contributed by atoms with Crippen LogP contribution in [0.3, 0.4) is 0 Å². The molecule has 0 amide bonds. The fourth-order valence-electron chi connectivity index (χ4n) is 2.12. The van der Waals surface area contributed by atoms with E-state index in [1.54, 1.807) is 15.9 Å². The Balaban J connectivity index is 1.83. The van der Waals surface area contributed by atoms with E-state index in [1.807, 2.05) is 48.0 Å². The van der Waals surface area contributed by atoms with Crippen LogP contribution in [0.4, 0.5) is 5.69 Å². The summed E-state index contributed by atoms with van der Waals surface area (Å²) in [6, 6.07) is 11.7. The number of pyridine rings is 1. The van der Waals surface area contributed by atoms with Gasteiger partial charge in [0.15, 0.2) is 0 Å². The highest BCUT2D eigenvalue weighted by molar-refractivity contribution is 7.17. The summed E-state index contributed by atoms with van der Waals surface area (Å²) in [6.45, 7) is 0.689. The molecule has 0 aliphatic heterocycles. The summed E-state index contributed by atoms with van der Waals surface area (Å²) in [4.78, 5) is 12.2. The van der Waals surface area contributed by atoms with Crippen molar-refractivity contribution >= 4 is 27.1 Å². The lowest BCUT2D eigenvalue weighted by molar-refractivity contribution is 0.675. The van der Waals surface area contributed by atoms with E-state index in [1.165, 1.54) is 5.56 Å². The van der Waals surface area contributed by atoms with Crippen LogP contribution in [0.25, 0.3) is 10.1 Å². The van der Waals surface area contributed by atoms with Gasteiger partial charge in [-0.2, -0.15) is 0 Å². The largest absolute Gasteiger partial charge is 0.399 e. The van der Waals surface area contributed by atoms with Crippen molar-refractivity contribution in [2.24, 2.45) is 0 Å². The molecule has 4 heteroatoms. The number of fused-ring (bicyclic) bond motifs is 1. The molecule has 0 aliphatic carbocycles. The Labute approximate surface area is 114 Å². The van der Waals surface area contributed by atoms with Crippen molar-refractivity contribution in [3.05, 3.63) is 63.9 Å². The van der Waals surface area contributed by atoms with Crippen molar-refractivity contribution in [3.8, 4) is 0 Å². The molecule has 0 radical (unpaired) electrons. The van der Waals surface area contributed by atoms with E-state index in [2.05, 4.69) is 0 Å². The second-order valence-corrected chi connectivity index (χ2v) is 5.45. The third-order valence-electron chi connectivity index (χ3n) is 3.21. The number of nitrogens with two attached hydrogens (primary N) is 1. The van der Waals surface area contributed by atoms with Crippen LogP contribution in [0.1, 0.15) is 5.56 Å². The zero-order valence-electron chi connectivity index (χ0n) is 10.4. The third kappa shape index (κ3) is 2.39. The number of nitrogens with zero attached hydrogens (tertiary/aromatic N) is 1. The maximum Gasteiger partial charge on any atom is 0.259 e. The van der Waals surface area contributed by atoms with Gasteiger partial charge in [0.25, 0.3) is 5.56 Å². The molecule has 2 heterocycles. The van der Waals surface area contributed by atoms with Gasteiger partial charge in [-0.1, -0.05) is 12.1 Å². The van der Waals surface area contributed by atoms with Gasteiger partial charge in [-0.15, -0.1) is 11.3 Å². The summed E-state index contributed by atoms with van der Waals surface area (Å²) in [6.07, 6.45) is 2.70. The molecule has 96 valence electrons. The van der Waals surface area contributed by atoms with Gasteiger partial charge in [0.2, 0.25) is 0 Å². The van der Waals surface area contributed by atoms with E-state index in [-0.39, 0.29) is 5.56 Å². The zero-order chi connectivity index (χ0) is 13.2. The van der Waals surface area contributed by atoms with Crippen LogP contribution in [0.2, 0.25) is 0 Å². The van der Waals surface area contributed by atoms with E-state index in [4.69, 9.17) is 5.73 Å². The lowest BCUT2D eigenvalue weighted by Gasteiger charge is -2.06. The second-order valence-electron chi connectivity index (χ2n) is 4.50. The molecule has 3 aromatic rings. The highest BCUT2D eigenvalue weighted by Gasteiger charge is 2.03. The van der Waals surface area contributed by atoms with Gasteiger partial charge < -0.3 is 10.3 Å². The Morgan fingerprint density at radius 3 is 2.68 bits per heavy atom. The normalized spacial score (nSPS) is 10.9. The minimum absolute atomic E-state index is 0.0918. The predicted octanol–water partition coefficient (Wildman–Crippen LogP) is 2.89. The monoisotopic (exact) mass is 270 g/mol. The van der Waals surface area contributed by atoms with Crippen molar-refractivity contribution in [2.45, 2.75) is 13.0 Å². The van der Waals surface area contributed by atoms with Gasteiger partial charge >= 0.3 is 0 Å². The standard InChI is InChI=1S/C15H14N2OS/c16-12-3-1-11(2-4-12)5-8-17-9-6-14-13(15(17)18)7-10-19-14/h1-4,6-7,9-10H,5,8,16H2. The van der Waals surface area contributed by atoms with E-state index >= 15 is 0 Å². The van der Waals surface area contributed by atoms with Gasteiger partial charge in [-0.25, -0.2) is 0 Å². The lowest BCUT2D eigenvalue weighted by Crippen LogP contribution is -2.19. The fourth-order valence-corrected chi connectivity index (χ4v) is 2.89. The minimum atomic E-state index is 0.0918. The first-order chi connectivity index (χ1) is 9.24. The summed E-state index contributed by atoms with van der Waals surface area (Å²) in [5.74, 6) is 0. The van der Waals surface area contributed by atoms with E-state index in [9.17, 15) is 4.79 Å². The van der Waals surface area contributed by atoms with Crippen molar-refractivity contribution in [3.63, 3.8) is 0 Å². The number of aryl methyl sites for hydroxylation is 2. The second kappa shape index (κ2) is 4.90. The number of hydrogen-bond acceptors (Lipinski definition) is 3. The summed E-state index contributed by atoms with van der Waals surface area (Å²) in [5, 5.41) is 2.76. The van der Waals surface area contributed by atoms with Crippen LogP contribution >= 0.6 is 11.3 Å². The molecule has 0 saturated heterocycles. The molecule has 0 spiro atoms. The number of thiophene rings is 1. The molecule has 2 N–H and O–H groups in total. The van der Waals surface area contributed by atoms with E-state index in [0.717, 1.165) is 22.2 Å². The summed E-state index contributed by atoms with van der Waals surface area (Å²) < 4.78 is 2.82. The molecule has 0 fully saturated rings. The molecule has 0 saturated carbocycles. The van der Waals surface area contributed by atoms with E-state index < -0.39 is 0 Å². The van der Waals surface area contributed by atoms with Crippen molar-refractivity contribution in [2.75, 3.05) is 5.73 Å². The van der Waals surface area contributed by atoms with Crippen LogP contribution in [0.15, 0.2) is 52.8 Å². The fraction of sp³-hybridized carbons (Fsp3) is 0.133. The third-order valence-corrected chi connectivity index (χ3v) is 4.10. The van der Waals surface area contributed by atoms with Crippen molar-refractivity contribution < 1.29 is 0 Å². The summed E-state index contributed by atoms with van der Waals surface area (Å²) in [5.41, 5.74) is 7.70. The number of aromatic nitrogens is 1. The molecule has 0 bridgehead atoms. The van der Waals surface area contributed by atoms with Crippen molar-refractivity contribution in [1.82, 2.24) is 4.57 Å². The number of rotatable bonds is 3. The molecule has 3 nitrogen and oxygen atoms in total. The Morgan fingerprint density at radius 1 is 1.11 bits per heavy atom. The topological polar surface area (TPSA) is 48.0 Å². The number of nitrogen functional groups attached to an aromatic ring is 1. The lowest BCUT2D eigenvalue weighted by atomic mass is 10.1. The molecule has 3 rings (SSSR count). The molecular formula is C15H14N2OS. The smallest absolute Gasteiger partial charge is 0.259 e. The molecular weight excluding hydrogens is 256 g/mol. The molecule has 0 aliphatic rings. The van der Waals surface area contributed by atoms with Crippen LogP contribution in [0, 0.1) is 0 Å². The average molecular weight is 270 g/mol. The van der Waals surface area contributed by atoms with Crippen LogP contribution < -0.4 is 11.3 Å². The Morgan fingerprint density at radius 2 is 1.89 bits per heavy atom. The number of benzene rings is 1. The zero-order valence-corrected chi connectivity index (χ0v) is 11.2. The summed E-state index contributed by atoms with van der Waals surface area (Å²) in [7, 11) is 0. The first kappa shape index (κ1) is 12.0. The van der Waals surface area contributed by atoms with Gasteiger partial charge in [-0.3, -0.25) is 4.79 Å². The predicted molar refractivity (Wildman–Crippen MR) is 80.6 cm³/mol. The van der Waals surface area contributed by atoms with Gasteiger partial charge in [0.05, 0.1) is 5.39 Å². The van der Waals surface area contributed by atoms with Crippen LogP contribution in [-0.4, -0.2) is 4.57 Å². The quantitative estimate of drug-likeness (QED) is 0.744. The highest BCUT2D eigenvalue weighted by Crippen LogP contribution is 2.16. The van der Waals surface area contributed by atoms with E-state index in [0.29, 0.717) is 6.54 Å². The Bertz CT molecular complexity index is 756. The highest BCUT2D eigenvalue weighted by atomic mass is 32.1. The Kier molecular flexibility index (Phi) is 3.09. The van der Waals surface area contributed by atoms with Gasteiger partial charge in [-0.05, 0) is 41.6 Å². The maximum atomic E-state index is 12.2. The minimum Gasteiger partial charge on any atom is -0.399 e. The van der Waals surface area contributed by atoms with Crippen molar-refractivity contribution in [1.29, 1.82) is 0 Å². The molecule has 1 aromatic carbocycles. The van der Waals surface area contributed by atoms with Crippen LogP contribution in [0.5, 0.6) is 0 Å². The molecule has 0 unspecified atom stereocenters. The molecule has 0 atom stereocenters. The molecule has 19 heavy (non-hydrogen) atoms. The first-order valence-electron chi connectivity index (χ1n) is 6.15. The maximum absolute atomic E-state index is 12.2. The van der Waals surface area contributed by atoms with Gasteiger partial charge in [0.1, 0.15) is 0 Å². The van der Waals surface area contributed by atoms with Crippen LogP contribution in [-0.2, 0) is 13.0 Å². The average Bonchev–Trinajstić information content (AvgIpc) is 2.89. The SMILES string of the molecule is Nc1ccc(CCn2ccc3sccc3c2=O)cc1. The number of anilines is 1. The Hall–Kier alpha value is -2.07. The molecule has 2 aromatic heterocycles. The number of hydrogen-bond donors (Lipinski definition) is 1. The summed E-state index contributed by atoms with van der Waals surface area (Å²) >= 11 is 1.60.